The van der Waals surface area contributed by atoms with E-state index in [4.69, 9.17) is 27.9 Å². The van der Waals surface area contributed by atoms with Crippen molar-refractivity contribution in [3.05, 3.63) is 0 Å². The van der Waals surface area contributed by atoms with Crippen LogP contribution >= 0.6 is 23.2 Å². The second-order valence-electron chi connectivity index (χ2n) is 1.41. The van der Waals surface area contributed by atoms with Crippen molar-refractivity contribution in [1.82, 2.24) is 0 Å². The highest BCUT2D eigenvalue weighted by Crippen LogP contribution is 1.89. The van der Waals surface area contributed by atoms with E-state index in [9.17, 15) is 4.79 Å². The van der Waals surface area contributed by atoms with Crippen LogP contribution in [0.5, 0.6) is 0 Å². The smallest absolute Gasteiger partial charge is 0.223 e. The normalized spacial score (nSPS) is 9.56. The zero-order valence-corrected chi connectivity index (χ0v) is 6.41. The molecule has 0 saturated heterocycles. The van der Waals surface area contributed by atoms with Crippen LogP contribution in [0.15, 0.2) is 0 Å². The number of carbonyl (C=O) groups excluding carboxylic acids is 1. The van der Waals surface area contributed by atoms with Gasteiger partial charge in [0.05, 0.1) is 13.2 Å². The highest BCUT2D eigenvalue weighted by Gasteiger charge is 1.93. The number of hydrogen-bond acceptors (Lipinski definition) is 2. The summed E-state index contributed by atoms with van der Waals surface area (Å²) >= 11 is 10.3. The van der Waals surface area contributed by atoms with Gasteiger partial charge in [0.25, 0.3) is 0 Å². The van der Waals surface area contributed by atoms with E-state index in [2.05, 4.69) is 0 Å². The highest BCUT2D eigenvalue weighted by atomic mass is 35.5. The van der Waals surface area contributed by atoms with Crippen LogP contribution in [0.1, 0.15) is 6.42 Å². The van der Waals surface area contributed by atoms with Gasteiger partial charge in [0, 0.05) is 12.3 Å². The van der Waals surface area contributed by atoms with Crippen LogP contribution in [-0.2, 0) is 9.53 Å². The van der Waals surface area contributed by atoms with Crippen molar-refractivity contribution in [2.75, 3.05) is 19.1 Å². The Bertz CT molecular complexity index is 85.0. The number of ether oxygens (including phenoxy) is 1. The topological polar surface area (TPSA) is 26.3 Å². The molecule has 0 N–H and O–H groups in total. The Morgan fingerprint density at radius 2 is 2.11 bits per heavy atom. The van der Waals surface area contributed by atoms with Crippen LogP contribution in [0.25, 0.3) is 0 Å². The van der Waals surface area contributed by atoms with Gasteiger partial charge in [0.2, 0.25) is 5.24 Å². The summed E-state index contributed by atoms with van der Waals surface area (Å²) in [6, 6.07) is 0. The maximum Gasteiger partial charge on any atom is 0.223 e. The zero-order chi connectivity index (χ0) is 7.11. The molecule has 0 aromatic heterocycles. The molecule has 4 heteroatoms. The van der Waals surface area contributed by atoms with Crippen molar-refractivity contribution < 1.29 is 9.53 Å². The Balaban J connectivity index is 2.83. The van der Waals surface area contributed by atoms with E-state index in [1.807, 2.05) is 0 Å². The van der Waals surface area contributed by atoms with Gasteiger partial charge in [0.15, 0.2) is 0 Å². The van der Waals surface area contributed by atoms with Crippen LogP contribution < -0.4 is 0 Å². The summed E-state index contributed by atoms with van der Waals surface area (Å²) in [5.74, 6) is 0.455. The second kappa shape index (κ2) is 6.33. The molecule has 0 aliphatic rings. The highest BCUT2D eigenvalue weighted by molar-refractivity contribution is 6.63. The van der Waals surface area contributed by atoms with Gasteiger partial charge in [-0.05, 0) is 11.6 Å². The first-order chi connectivity index (χ1) is 4.27. The molecule has 0 heterocycles. The average molecular weight is 171 g/mol. The van der Waals surface area contributed by atoms with E-state index >= 15 is 0 Å². The van der Waals surface area contributed by atoms with Gasteiger partial charge in [-0.2, -0.15) is 0 Å². The summed E-state index contributed by atoms with van der Waals surface area (Å²) < 4.78 is 4.86. The summed E-state index contributed by atoms with van der Waals surface area (Å²) in [5.41, 5.74) is 0. The van der Waals surface area contributed by atoms with Crippen molar-refractivity contribution in [2.45, 2.75) is 6.42 Å². The van der Waals surface area contributed by atoms with Gasteiger partial charge in [-0.15, -0.1) is 11.6 Å². The molecule has 0 fully saturated rings. The Labute approximate surface area is 64.1 Å². The van der Waals surface area contributed by atoms with E-state index in [-0.39, 0.29) is 11.7 Å². The molecule has 0 bridgehead atoms. The van der Waals surface area contributed by atoms with Gasteiger partial charge in [-0.1, -0.05) is 0 Å². The molecule has 0 rings (SSSR count). The van der Waals surface area contributed by atoms with Crippen molar-refractivity contribution in [1.29, 1.82) is 0 Å². The van der Waals surface area contributed by atoms with Crippen LogP contribution in [0, 0.1) is 0 Å². The summed E-state index contributed by atoms with van der Waals surface area (Å²) in [7, 11) is 0. The summed E-state index contributed by atoms with van der Waals surface area (Å²) in [6.07, 6.45) is 0.262. The number of rotatable bonds is 5. The van der Waals surface area contributed by atoms with Gasteiger partial charge in [0.1, 0.15) is 0 Å². The van der Waals surface area contributed by atoms with Crippen LogP contribution in [0.4, 0.5) is 0 Å². The Morgan fingerprint density at radius 1 is 1.44 bits per heavy atom. The van der Waals surface area contributed by atoms with Crippen molar-refractivity contribution in [3.8, 4) is 0 Å². The summed E-state index contributed by atoms with van der Waals surface area (Å²) in [4.78, 5) is 10.1. The van der Waals surface area contributed by atoms with Gasteiger partial charge in [-0.3, -0.25) is 4.79 Å². The fourth-order valence-corrected chi connectivity index (χ4v) is 0.495. The monoisotopic (exact) mass is 170 g/mol. The summed E-state index contributed by atoms with van der Waals surface area (Å²) in [5, 5.41) is -0.371. The minimum Gasteiger partial charge on any atom is -0.380 e. The molecule has 54 valence electrons. The number of alkyl halides is 1. The first-order valence-electron chi connectivity index (χ1n) is 2.59. The second-order valence-corrected chi connectivity index (χ2v) is 2.21. The molecule has 9 heavy (non-hydrogen) atoms. The van der Waals surface area contributed by atoms with Crippen LogP contribution in [-0.4, -0.2) is 24.3 Å². The number of carbonyl (C=O) groups is 1. The zero-order valence-electron chi connectivity index (χ0n) is 4.90. The van der Waals surface area contributed by atoms with Gasteiger partial charge in [-0.25, -0.2) is 0 Å². The largest absolute Gasteiger partial charge is 0.380 e. The Morgan fingerprint density at radius 3 is 2.56 bits per heavy atom. The van der Waals surface area contributed by atoms with Gasteiger partial charge < -0.3 is 4.74 Å². The molecule has 0 aliphatic heterocycles. The molecule has 0 radical (unpaired) electrons. The van der Waals surface area contributed by atoms with E-state index in [1.165, 1.54) is 0 Å². The third kappa shape index (κ3) is 8.21. The SMILES string of the molecule is O=C(Cl)CCOCCCl. The van der Waals surface area contributed by atoms with E-state index < -0.39 is 0 Å². The molecule has 0 unspecified atom stereocenters. The van der Waals surface area contributed by atoms with Crippen molar-refractivity contribution in [3.63, 3.8) is 0 Å². The van der Waals surface area contributed by atoms with Crippen LogP contribution in [0.3, 0.4) is 0 Å². The predicted octanol–water partition coefficient (Wildman–Crippen LogP) is 1.40. The number of hydrogen-bond donors (Lipinski definition) is 0. The lowest BCUT2D eigenvalue weighted by Gasteiger charge is -1.95. The van der Waals surface area contributed by atoms with E-state index in [1.54, 1.807) is 0 Å². The first kappa shape index (κ1) is 9.21. The van der Waals surface area contributed by atoms with E-state index in [0.717, 1.165) is 0 Å². The fourth-order valence-electron chi connectivity index (χ4n) is 0.309. The molecule has 2 nitrogen and oxygen atoms in total. The third-order valence-corrected chi connectivity index (χ3v) is 1.01. The number of halogens is 2. The lowest BCUT2D eigenvalue weighted by molar-refractivity contribution is -0.112. The maximum atomic E-state index is 10.1. The fraction of sp³-hybridized carbons (Fsp3) is 0.800. The molecule has 0 aromatic rings. The van der Waals surface area contributed by atoms with Gasteiger partial charge >= 0.3 is 0 Å². The predicted molar refractivity (Wildman–Crippen MR) is 37.0 cm³/mol. The summed E-state index contributed by atoms with van der Waals surface area (Å²) in [6.45, 7) is 0.848. The minimum atomic E-state index is -0.371. The quantitative estimate of drug-likeness (QED) is 0.355. The molecule has 0 aliphatic carbocycles. The molecular formula is C5H8Cl2O2. The first-order valence-corrected chi connectivity index (χ1v) is 3.50. The molecule has 0 saturated carbocycles. The average Bonchev–Trinajstić information content (AvgIpc) is 1.80. The molecule has 0 spiro atoms. The maximum absolute atomic E-state index is 10.1. The minimum absolute atomic E-state index is 0.262. The standard InChI is InChI=1S/C5H8Cl2O2/c6-2-4-9-3-1-5(7)8/h1-4H2. The Kier molecular flexibility index (Phi) is 6.48. The van der Waals surface area contributed by atoms with E-state index in [0.29, 0.717) is 19.1 Å². The molecule has 0 atom stereocenters. The lowest BCUT2D eigenvalue weighted by Crippen LogP contribution is -2.00. The van der Waals surface area contributed by atoms with Crippen LogP contribution in [0.2, 0.25) is 0 Å². The van der Waals surface area contributed by atoms with Crippen molar-refractivity contribution >= 4 is 28.4 Å². The van der Waals surface area contributed by atoms with Crippen molar-refractivity contribution in [2.24, 2.45) is 0 Å². The molecular weight excluding hydrogens is 163 g/mol. The molecule has 0 aromatic carbocycles. The molecule has 0 amide bonds. The third-order valence-electron chi connectivity index (χ3n) is 0.664. The lowest BCUT2D eigenvalue weighted by atomic mass is 10.5. The Hall–Kier alpha value is 0.210.